The van der Waals surface area contributed by atoms with E-state index in [1.54, 1.807) is 0 Å². The van der Waals surface area contributed by atoms with Gasteiger partial charge in [-0.1, -0.05) is 54.1 Å². The largest absolute Gasteiger partial charge is 0.489 e. The average Bonchev–Trinajstić information content (AvgIpc) is 2.77. The van der Waals surface area contributed by atoms with E-state index >= 15 is 0 Å². The molecule has 4 bridgehead atoms. The highest BCUT2D eigenvalue weighted by molar-refractivity contribution is 6.30. The van der Waals surface area contributed by atoms with E-state index in [2.05, 4.69) is 47.8 Å². The Bertz CT molecular complexity index is 1070. The zero-order valence-corrected chi connectivity index (χ0v) is 18.7. The molecule has 0 heterocycles. The van der Waals surface area contributed by atoms with Gasteiger partial charge in [-0.15, -0.1) is 0 Å². The average molecular weight is 432 g/mol. The van der Waals surface area contributed by atoms with Crippen molar-refractivity contribution in [3.05, 3.63) is 76.8 Å². The molecule has 4 saturated carbocycles. The van der Waals surface area contributed by atoms with Crippen LogP contribution in [0.5, 0.6) is 5.75 Å². The van der Waals surface area contributed by atoms with Crippen molar-refractivity contribution in [2.75, 3.05) is 0 Å². The molecule has 0 aromatic heterocycles. The molecule has 4 aliphatic carbocycles. The zero-order valence-electron chi connectivity index (χ0n) is 17.9. The number of halogens is 1. The van der Waals surface area contributed by atoms with Crippen LogP contribution in [0, 0.1) is 23.7 Å². The lowest BCUT2D eigenvalue weighted by Crippen LogP contribution is -2.54. The van der Waals surface area contributed by atoms with Gasteiger partial charge in [0.25, 0.3) is 0 Å². The van der Waals surface area contributed by atoms with E-state index in [4.69, 9.17) is 16.3 Å². The van der Waals surface area contributed by atoms with Crippen LogP contribution in [0.4, 0.5) is 0 Å². The van der Waals surface area contributed by atoms with Crippen LogP contribution in [0.2, 0.25) is 5.02 Å². The normalized spacial score (nSPS) is 28.9. The van der Waals surface area contributed by atoms with Crippen molar-refractivity contribution in [1.29, 1.82) is 0 Å². The van der Waals surface area contributed by atoms with Crippen LogP contribution < -0.4 is 10.1 Å². The van der Waals surface area contributed by atoms with Crippen molar-refractivity contribution in [3.8, 4) is 5.75 Å². The maximum Gasteiger partial charge on any atom is 0.124 e. The lowest BCUT2D eigenvalue weighted by molar-refractivity contribution is -0.0143. The predicted molar refractivity (Wildman–Crippen MR) is 127 cm³/mol. The number of hydrogen-bond donors (Lipinski definition) is 1. The van der Waals surface area contributed by atoms with Crippen molar-refractivity contribution in [1.82, 2.24) is 5.32 Å². The molecule has 0 aliphatic heterocycles. The van der Waals surface area contributed by atoms with Gasteiger partial charge in [0.2, 0.25) is 0 Å². The number of nitrogens with one attached hydrogen (secondary N) is 1. The number of ether oxygens (including phenoxy) is 1. The van der Waals surface area contributed by atoms with Gasteiger partial charge in [-0.25, -0.2) is 0 Å². The molecule has 0 radical (unpaired) electrons. The molecular weight excluding hydrogens is 402 g/mol. The van der Waals surface area contributed by atoms with Crippen molar-refractivity contribution < 1.29 is 4.74 Å². The van der Waals surface area contributed by atoms with Gasteiger partial charge in [0.05, 0.1) is 0 Å². The highest BCUT2D eigenvalue weighted by Crippen LogP contribution is 2.53. The molecule has 31 heavy (non-hydrogen) atoms. The van der Waals surface area contributed by atoms with Gasteiger partial charge in [0.1, 0.15) is 12.4 Å². The first-order chi connectivity index (χ1) is 15.2. The summed E-state index contributed by atoms with van der Waals surface area (Å²) in [5.41, 5.74) is 2.38. The molecule has 4 fully saturated rings. The lowest BCUT2D eigenvalue weighted by atomic mass is 9.54. The Hall–Kier alpha value is -2.03. The van der Waals surface area contributed by atoms with E-state index in [-0.39, 0.29) is 0 Å². The van der Waals surface area contributed by atoms with Crippen molar-refractivity contribution in [2.45, 2.75) is 51.3 Å². The molecule has 3 aromatic rings. The first-order valence-electron chi connectivity index (χ1n) is 11.8. The molecule has 7 rings (SSSR count). The van der Waals surface area contributed by atoms with Gasteiger partial charge in [-0.2, -0.15) is 0 Å². The van der Waals surface area contributed by atoms with Gasteiger partial charge in [-0.05, 0) is 90.3 Å². The van der Waals surface area contributed by atoms with Crippen molar-refractivity contribution in [3.63, 3.8) is 0 Å². The zero-order chi connectivity index (χ0) is 20.8. The third kappa shape index (κ3) is 3.85. The van der Waals surface area contributed by atoms with Crippen molar-refractivity contribution >= 4 is 22.4 Å². The number of fused-ring (bicyclic) bond motifs is 1. The SMILES string of the molecule is Clc1cccc(COc2ccc3ccccc3c2CNC2C3CC4CC(C3)CC2C4)c1. The minimum absolute atomic E-state index is 0.532. The Morgan fingerprint density at radius 1 is 0.839 bits per heavy atom. The van der Waals surface area contributed by atoms with E-state index in [1.807, 2.05) is 18.2 Å². The Morgan fingerprint density at radius 2 is 1.61 bits per heavy atom. The third-order valence-corrected chi connectivity index (χ3v) is 8.26. The van der Waals surface area contributed by atoms with E-state index in [0.29, 0.717) is 12.6 Å². The third-order valence-electron chi connectivity index (χ3n) is 8.02. The van der Waals surface area contributed by atoms with Crippen LogP contribution in [0.1, 0.15) is 43.2 Å². The maximum atomic E-state index is 6.35. The molecule has 160 valence electrons. The Balaban J connectivity index is 1.25. The second kappa shape index (κ2) is 8.15. The summed E-state index contributed by atoms with van der Waals surface area (Å²) in [5, 5.41) is 7.34. The topological polar surface area (TPSA) is 21.3 Å². The molecule has 3 aromatic carbocycles. The molecule has 0 spiro atoms. The number of hydrogen-bond acceptors (Lipinski definition) is 2. The first kappa shape index (κ1) is 19.6. The maximum absolute atomic E-state index is 6.35. The minimum Gasteiger partial charge on any atom is -0.489 e. The molecule has 0 amide bonds. The van der Waals surface area contributed by atoms with Gasteiger partial charge in [0, 0.05) is 23.2 Å². The van der Waals surface area contributed by atoms with Gasteiger partial charge < -0.3 is 10.1 Å². The van der Waals surface area contributed by atoms with Crippen LogP contribution >= 0.6 is 11.6 Å². The summed E-state index contributed by atoms with van der Waals surface area (Å²) in [6, 6.07) is 21.6. The van der Waals surface area contributed by atoms with E-state index in [9.17, 15) is 0 Å². The molecule has 0 saturated heterocycles. The summed E-state index contributed by atoms with van der Waals surface area (Å²) in [7, 11) is 0. The van der Waals surface area contributed by atoms with Crippen LogP contribution in [0.25, 0.3) is 10.8 Å². The predicted octanol–water partition coefficient (Wildman–Crippen LogP) is 6.99. The standard InChI is InChI=1S/C28H30ClNO/c29-24-6-3-4-18(15-24)17-31-27-9-8-21-5-1-2-7-25(21)26(27)16-30-28-22-11-19-10-20(13-22)14-23(28)12-19/h1-9,15,19-20,22-23,28,30H,10-14,16-17H2. The van der Waals surface area contributed by atoms with Crippen LogP contribution in [0.15, 0.2) is 60.7 Å². The van der Waals surface area contributed by atoms with Gasteiger partial charge in [0.15, 0.2) is 0 Å². The summed E-state index contributed by atoms with van der Waals surface area (Å²) in [4.78, 5) is 0. The molecule has 3 heteroatoms. The van der Waals surface area contributed by atoms with E-state index in [0.717, 1.165) is 46.6 Å². The fourth-order valence-corrected chi connectivity index (χ4v) is 7.11. The Kier molecular flexibility index (Phi) is 5.16. The van der Waals surface area contributed by atoms with E-state index < -0.39 is 0 Å². The summed E-state index contributed by atoms with van der Waals surface area (Å²) >= 11 is 6.17. The Labute approximate surface area is 189 Å². The van der Waals surface area contributed by atoms with Crippen molar-refractivity contribution in [2.24, 2.45) is 23.7 Å². The quantitative estimate of drug-likeness (QED) is 0.454. The minimum atomic E-state index is 0.532. The molecule has 1 N–H and O–H groups in total. The number of rotatable bonds is 6. The fourth-order valence-electron chi connectivity index (χ4n) is 6.90. The van der Waals surface area contributed by atoms with E-state index in [1.165, 1.54) is 48.4 Å². The lowest BCUT2D eigenvalue weighted by Gasteiger charge is -2.54. The van der Waals surface area contributed by atoms with Gasteiger partial charge in [-0.3, -0.25) is 0 Å². The smallest absolute Gasteiger partial charge is 0.124 e. The second-order valence-corrected chi connectivity index (χ2v) is 10.5. The highest BCUT2D eigenvalue weighted by atomic mass is 35.5. The molecule has 4 aliphatic rings. The first-order valence-corrected chi connectivity index (χ1v) is 12.2. The fraction of sp³-hybridized carbons (Fsp3) is 0.429. The van der Waals surface area contributed by atoms with Crippen LogP contribution in [-0.2, 0) is 13.2 Å². The molecule has 0 unspecified atom stereocenters. The highest BCUT2D eigenvalue weighted by Gasteiger charge is 2.47. The van der Waals surface area contributed by atoms with Gasteiger partial charge >= 0.3 is 0 Å². The monoisotopic (exact) mass is 431 g/mol. The number of benzene rings is 3. The second-order valence-electron chi connectivity index (χ2n) is 10.0. The molecular formula is C28H30ClNO. The molecule has 2 nitrogen and oxygen atoms in total. The van der Waals surface area contributed by atoms with Crippen LogP contribution in [0.3, 0.4) is 0 Å². The van der Waals surface area contributed by atoms with Crippen LogP contribution in [-0.4, -0.2) is 6.04 Å². The summed E-state index contributed by atoms with van der Waals surface area (Å²) < 4.78 is 6.35. The molecule has 0 atom stereocenters. The summed E-state index contributed by atoms with van der Waals surface area (Å²) in [6.07, 6.45) is 7.28. The summed E-state index contributed by atoms with van der Waals surface area (Å²) in [5.74, 6) is 4.75. The summed E-state index contributed by atoms with van der Waals surface area (Å²) in [6.45, 7) is 1.41. The Morgan fingerprint density at radius 3 is 2.39 bits per heavy atom.